The zero-order chi connectivity index (χ0) is 24.9. The highest BCUT2D eigenvalue weighted by Crippen LogP contribution is 2.26. The first-order valence-electron chi connectivity index (χ1n) is 11.9. The number of fused-ring (bicyclic) bond motifs is 2. The minimum absolute atomic E-state index is 0.0393. The molecule has 0 spiro atoms. The Bertz CT molecular complexity index is 1620. The highest BCUT2D eigenvalue weighted by molar-refractivity contribution is 6.10. The first-order chi connectivity index (χ1) is 17.6. The van der Waals surface area contributed by atoms with Gasteiger partial charge >= 0.3 is 0 Å². The van der Waals surface area contributed by atoms with Gasteiger partial charge in [0.05, 0.1) is 6.61 Å². The third-order valence-electron chi connectivity index (χ3n) is 6.07. The number of amides is 1. The van der Waals surface area contributed by atoms with Crippen LogP contribution in [-0.2, 0) is 11.3 Å². The normalized spacial score (nSPS) is 11.4. The van der Waals surface area contributed by atoms with Gasteiger partial charge in [-0.2, -0.15) is 5.26 Å². The third kappa shape index (κ3) is 4.84. The monoisotopic (exact) mass is 471 g/mol. The van der Waals surface area contributed by atoms with E-state index in [-0.39, 0.29) is 5.57 Å². The second kappa shape index (κ2) is 10.2. The molecule has 36 heavy (non-hydrogen) atoms. The van der Waals surface area contributed by atoms with Crippen molar-refractivity contribution >= 4 is 39.3 Å². The maximum Gasteiger partial charge on any atom is 0.266 e. The molecule has 5 heteroatoms. The Balaban J connectivity index is 1.43. The Kier molecular flexibility index (Phi) is 6.51. The van der Waals surface area contributed by atoms with Crippen molar-refractivity contribution in [2.45, 2.75) is 13.5 Å². The van der Waals surface area contributed by atoms with E-state index in [0.29, 0.717) is 18.8 Å². The average molecular weight is 472 g/mol. The summed E-state index contributed by atoms with van der Waals surface area (Å²) in [6.45, 7) is 3.17. The molecular weight excluding hydrogens is 446 g/mol. The van der Waals surface area contributed by atoms with Crippen molar-refractivity contribution in [2.75, 3.05) is 11.9 Å². The maximum atomic E-state index is 12.9. The molecule has 1 heterocycles. The first kappa shape index (κ1) is 22.9. The van der Waals surface area contributed by atoms with Gasteiger partial charge in [0.25, 0.3) is 5.91 Å². The number of hydrogen-bond donors (Lipinski definition) is 1. The highest BCUT2D eigenvalue weighted by Gasteiger charge is 2.13. The average Bonchev–Trinajstić information content (AvgIpc) is 3.25. The van der Waals surface area contributed by atoms with E-state index in [1.54, 1.807) is 30.3 Å². The lowest BCUT2D eigenvalue weighted by Gasteiger charge is -2.07. The van der Waals surface area contributed by atoms with Gasteiger partial charge in [-0.15, -0.1) is 0 Å². The van der Waals surface area contributed by atoms with Crippen LogP contribution in [0.4, 0.5) is 5.69 Å². The largest absolute Gasteiger partial charge is 0.494 e. The minimum Gasteiger partial charge on any atom is -0.494 e. The zero-order valence-electron chi connectivity index (χ0n) is 19.9. The number of anilines is 1. The van der Waals surface area contributed by atoms with Crippen molar-refractivity contribution in [1.29, 1.82) is 5.26 Å². The van der Waals surface area contributed by atoms with Crippen molar-refractivity contribution in [3.63, 3.8) is 0 Å². The second-order valence-corrected chi connectivity index (χ2v) is 8.49. The van der Waals surface area contributed by atoms with Crippen LogP contribution in [0.25, 0.3) is 27.8 Å². The fraction of sp³-hybridized carbons (Fsp3) is 0.0968. The van der Waals surface area contributed by atoms with E-state index < -0.39 is 5.91 Å². The number of benzene rings is 4. The molecule has 4 aromatic carbocycles. The van der Waals surface area contributed by atoms with Crippen molar-refractivity contribution < 1.29 is 9.53 Å². The predicted molar refractivity (Wildman–Crippen MR) is 145 cm³/mol. The molecule has 1 N–H and O–H groups in total. The van der Waals surface area contributed by atoms with Gasteiger partial charge in [-0.05, 0) is 65.7 Å². The van der Waals surface area contributed by atoms with Gasteiger partial charge in [0.15, 0.2) is 0 Å². The van der Waals surface area contributed by atoms with Crippen LogP contribution < -0.4 is 10.1 Å². The summed E-state index contributed by atoms with van der Waals surface area (Å²) in [6.07, 6.45) is 3.66. The van der Waals surface area contributed by atoms with Gasteiger partial charge in [0, 0.05) is 34.9 Å². The summed E-state index contributed by atoms with van der Waals surface area (Å²) in [4.78, 5) is 12.9. The number of ether oxygens (including phenoxy) is 1. The Morgan fingerprint density at radius 3 is 2.50 bits per heavy atom. The quantitative estimate of drug-likeness (QED) is 0.210. The lowest BCUT2D eigenvalue weighted by atomic mass is 10.1. The number of rotatable bonds is 7. The Morgan fingerprint density at radius 2 is 1.72 bits per heavy atom. The van der Waals surface area contributed by atoms with Gasteiger partial charge in [-0.3, -0.25) is 4.79 Å². The smallest absolute Gasteiger partial charge is 0.266 e. The van der Waals surface area contributed by atoms with Crippen molar-refractivity contribution in [3.05, 3.63) is 114 Å². The number of nitriles is 1. The summed E-state index contributed by atoms with van der Waals surface area (Å²) in [6, 6.07) is 32.0. The van der Waals surface area contributed by atoms with Crippen molar-refractivity contribution in [3.8, 4) is 11.8 Å². The fourth-order valence-electron chi connectivity index (χ4n) is 4.36. The molecule has 0 saturated heterocycles. The SMILES string of the molecule is CCOc1ccc(NC(=O)/C(C#N)=C/c2cn(Cc3ccc4ccccc4c3)c3ccccc23)cc1. The summed E-state index contributed by atoms with van der Waals surface area (Å²) >= 11 is 0. The topological polar surface area (TPSA) is 67.0 Å². The number of aromatic nitrogens is 1. The van der Waals surface area contributed by atoms with Crippen LogP contribution >= 0.6 is 0 Å². The standard InChI is InChI=1S/C31H25N3O2/c1-2-36-28-15-13-27(14-16-28)33-31(35)25(19-32)18-26-21-34(30-10-6-5-9-29(26)30)20-22-11-12-23-7-3-4-8-24(23)17-22/h3-18,21H,2,20H2,1H3,(H,33,35)/b25-18+. The van der Waals surface area contributed by atoms with E-state index in [9.17, 15) is 10.1 Å². The van der Waals surface area contributed by atoms with Crippen LogP contribution in [-0.4, -0.2) is 17.1 Å². The summed E-state index contributed by atoms with van der Waals surface area (Å²) < 4.78 is 7.60. The molecule has 0 aliphatic rings. The van der Waals surface area contributed by atoms with E-state index in [0.717, 1.165) is 22.2 Å². The van der Waals surface area contributed by atoms with Gasteiger partial charge in [0.2, 0.25) is 0 Å². The number of nitrogens with zero attached hydrogens (tertiary/aromatic N) is 2. The van der Waals surface area contributed by atoms with Crippen LogP contribution in [0.1, 0.15) is 18.1 Å². The molecule has 0 saturated carbocycles. The zero-order valence-corrected chi connectivity index (χ0v) is 19.9. The van der Waals surface area contributed by atoms with Gasteiger partial charge in [0.1, 0.15) is 17.4 Å². The maximum absolute atomic E-state index is 12.9. The van der Waals surface area contributed by atoms with Crippen molar-refractivity contribution in [2.24, 2.45) is 0 Å². The molecule has 0 fully saturated rings. The van der Waals surface area contributed by atoms with Gasteiger partial charge in [-0.1, -0.05) is 54.6 Å². The number of para-hydroxylation sites is 1. The molecule has 0 atom stereocenters. The van der Waals surface area contributed by atoms with Crippen LogP contribution in [0.2, 0.25) is 0 Å². The number of carbonyl (C=O) groups is 1. The summed E-state index contributed by atoms with van der Waals surface area (Å²) in [5.41, 5.74) is 3.69. The molecule has 5 rings (SSSR count). The summed E-state index contributed by atoms with van der Waals surface area (Å²) in [7, 11) is 0. The van der Waals surface area contributed by atoms with E-state index >= 15 is 0 Å². The number of hydrogen-bond acceptors (Lipinski definition) is 3. The van der Waals surface area contributed by atoms with Crippen molar-refractivity contribution in [1.82, 2.24) is 4.57 Å². The molecule has 0 unspecified atom stereocenters. The Morgan fingerprint density at radius 1 is 0.972 bits per heavy atom. The molecule has 0 aliphatic heterocycles. The van der Waals surface area contributed by atoms with Gasteiger partial charge in [-0.25, -0.2) is 0 Å². The lowest BCUT2D eigenvalue weighted by molar-refractivity contribution is -0.112. The molecule has 5 nitrogen and oxygen atoms in total. The second-order valence-electron chi connectivity index (χ2n) is 8.49. The van der Waals surface area contributed by atoms with Crippen LogP contribution in [0.15, 0.2) is 103 Å². The number of nitrogens with one attached hydrogen (secondary N) is 1. The molecule has 0 bridgehead atoms. The fourth-order valence-corrected chi connectivity index (χ4v) is 4.36. The molecule has 1 aromatic heterocycles. The lowest BCUT2D eigenvalue weighted by Crippen LogP contribution is -2.13. The molecule has 176 valence electrons. The Hall–Kier alpha value is -4.82. The van der Waals surface area contributed by atoms with E-state index in [1.165, 1.54) is 16.3 Å². The summed E-state index contributed by atoms with van der Waals surface area (Å²) in [5.74, 6) is 0.277. The number of carbonyl (C=O) groups excluding carboxylic acids is 1. The Labute approximate surface area is 209 Å². The van der Waals surface area contributed by atoms with Gasteiger partial charge < -0.3 is 14.6 Å². The molecule has 1 amide bonds. The van der Waals surface area contributed by atoms with Crippen LogP contribution in [0, 0.1) is 11.3 Å². The van der Waals surface area contributed by atoms with Crippen LogP contribution in [0.5, 0.6) is 5.75 Å². The predicted octanol–water partition coefficient (Wildman–Crippen LogP) is 6.79. The van der Waals surface area contributed by atoms with E-state index in [2.05, 4.69) is 52.4 Å². The molecule has 0 aliphatic carbocycles. The first-order valence-corrected chi connectivity index (χ1v) is 11.9. The molecule has 5 aromatic rings. The highest BCUT2D eigenvalue weighted by atomic mass is 16.5. The van der Waals surface area contributed by atoms with Crippen LogP contribution in [0.3, 0.4) is 0 Å². The molecule has 0 radical (unpaired) electrons. The van der Waals surface area contributed by atoms with E-state index in [4.69, 9.17) is 4.74 Å². The minimum atomic E-state index is -0.451. The van der Waals surface area contributed by atoms with E-state index in [1.807, 2.05) is 43.5 Å². The third-order valence-corrected chi connectivity index (χ3v) is 6.07. The summed E-state index contributed by atoms with van der Waals surface area (Å²) in [5, 5.41) is 16.0. The molecular formula is C31H25N3O2.